The van der Waals surface area contributed by atoms with Crippen molar-refractivity contribution in [1.29, 1.82) is 0 Å². The van der Waals surface area contributed by atoms with Gasteiger partial charge in [0.25, 0.3) is 0 Å². The predicted octanol–water partition coefficient (Wildman–Crippen LogP) is 3.80. The predicted molar refractivity (Wildman–Crippen MR) is 91.2 cm³/mol. The quantitative estimate of drug-likeness (QED) is 0.935. The van der Waals surface area contributed by atoms with Crippen LogP contribution >= 0.6 is 0 Å². The van der Waals surface area contributed by atoms with Gasteiger partial charge in [-0.15, -0.1) is 0 Å². The number of fused-ring (bicyclic) bond motifs is 3. The molecule has 0 bridgehead atoms. The first-order valence-electron chi connectivity index (χ1n) is 8.35. The summed E-state index contributed by atoms with van der Waals surface area (Å²) in [5.41, 5.74) is 3.87. The molecule has 2 aliphatic rings. The highest BCUT2D eigenvalue weighted by Crippen LogP contribution is 2.45. The molecular formula is C20H23NO2. The Balaban J connectivity index is 1.53. The van der Waals surface area contributed by atoms with E-state index in [4.69, 9.17) is 9.47 Å². The molecule has 0 spiro atoms. The van der Waals surface area contributed by atoms with Crippen LogP contribution in [0.15, 0.2) is 42.5 Å². The van der Waals surface area contributed by atoms with Crippen LogP contribution in [-0.4, -0.2) is 18.7 Å². The maximum Gasteiger partial charge on any atom is 0.126 e. The lowest BCUT2D eigenvalue weighted by molar-refractivity contribution is 0.169. The fourth-order valence-electron chi connectivity index (χ4n) is 3.77. The van der Waals surface area contributed by atoms with Crippen molar-refractivity contribution >= 4 is 0 Å². The van der Waals surface area contributed by atoms with E-state index in [9.17, 15) is 0 Å². The highest BCUT2D eigenvalue weighted by Gasteiger charge is 2.44. The van der Waals surface area contributed by atoms with Gasteiger partial charge in [0, 0.05) is 12.0 Å². The van der Waals surface area contributed by atoms with Crippen molar-refractivity contribution < 1.29 is 9.47 Å². The van der Waals surface area contributed by atoms with Crippen molar-refractivity contribution in [2.24, 2.45) is 0 Å². The van der Waals surface area contributed by atoms with Crippen LogP contribution in [0.25, 0.3) is 0 Å². The zero-order valence-corrected chi connectivity index (χ0v) is 13.8. The highest BCUT2D eigenvalue weighted by molar-refractivity contribution is 5.46. The van der Waals surface area contributed by atoms with E-state index < -0.39 is 0 Å². The van der Waals surface area contributed by atoms with E-state index in [1.807, 2.05) is 6.07 Å². The van der Waals surface area contributed by atoms with Gasteiger partial charge in [-0.05, 0) is 49.6 Å². The molecule has 120 valence electrons. The summed E-state index contributed by atoms with van der Waals surface area (Å²) in [4.78, 5) is 0. The third kappa shape index (κ3) is 2.59. The minimum absolute atomic E-state index is 0.0799. The second-order valence-electron chi connectivity index (χ2n) is 6.89. The molecule has 3 nitrogen and oxygen atoms in total. The minimum Gasteiger partial charge on any atom is -0.491 e. The van der Waals surface area contributed by atoms with Gasteiger partial charge in [-0.25, -0.2) is 0 Å². The molecule has 3 heteroatoms. The van der Waals surface area contributed by atoms with E-state index in [0.29, 0.717) is 12.5 Å². The minimum atomic E-state index is 0.0799. The van der Waals surface area contributed by atoms with Crippen molar-refractivity contribution in [1.82, 2.24) is 5.32 Å². The molecule has 0 unspecified atom stereocenters. The zero-order chi connectivity index (χ0) is 15.9. The maximum absolute atomic E-state index is 6.01. The van der Waals surface area contributed by atoms with E-state index in [1.54, 1.807) is 0 Å². The van der Waals surface area contributed by atoms with Gasteiger partial charge in [-0.2, -0.15) is 0 Å². The Hall–Kier alpha value is -2.00. The summed E-state index contributed by atoms with van der Waals surface area (Å²) in [7, 11) is 0. The second-order valence-corrected chi connectivity index (χ2v) is 6.89. The second kappa shape index (κ2) is 5.57. The van der Waals surface area contributed by atoms with Gasteiger partial charge in [0.1, 0.15) is 24.7 Å². The number of ether oxygens (including phenoxy) is 2. The molecule has 0 saturated carbocycles. The SMILES string of the molecule is Cc1ccccc1COc1ccc2c(c1)OC[C@@]1(C)NCC[C@@H]21. The smallest absolute Gasteiger partial charge is 0.126 e. The van der Waals surface area contributed by atoms with Gasteiger partial charge in [0.05, 0.1) is 5.54 Å². The first-order chi connectivity index (χ1) is 11.2. The van der Waals surface area contributed by atoms with Gasteiger partial charge < -0.3 is 14.8 Å². The Morgan fingerprint density at radius 2 is 2.13 bits per heavy atom. The molecule has 0 radical (unpaired) electrons. The van der Waals surface area contributed by atoms with Crippen LogP contribution in [0.5, 0.6) is 11.5 Å². The lowest BCUT2D eigenvalue weighted by atomic mass is 9.80. The Morgan fingerprint density at radius 3 is 3.00 bits per heavy atom. The van der Waals surface area contributed by atoms with Crippen LogP contribution in [0.2, 0.25) is 0 Å². The van der Waals surface area contributed by atoms with E-state index in [-0.39, 0.29) is 5.54 Å². The fourth-order valence-corrected chi connectivity index (χ4v) is 3.77. The van der Waals surface area contributed by atoms with E-state index in [1.165, 1.54) is 23.1 Å². The van der Waals surface area contributed by atoms with Crippen LogP contribution in [0.4, 0.5) is 0 Å². The molecule has 23 heavy (non-hydrogen) atoms. The molecule has 0 aromatic heterocycles. The normalized spacial score (nSPS) is 25.4. The number of nitrogens with one attached hydrogen (secondary N) is 1. The maximum atomic E-state index is 6.01. The fraction of sp³-hybridized carbons (Fsp3) is 0.400. The first kappa shape index (κ1) is 14.6. The number of hydrogen-bond acceptors (Lipinski definition) is 3. The van der Waals surface area contributed by atoms with Crippen LogP contribution < -0.4 is 14.8 Å². The van der Waals surface area contributed by atoms with Crippen LogP contribution in [0.3, 0.4) is 0 Å². The zero-order valence-electron chi connectivity index (χ0n) is 13.8. The summed E-state index contributed by atoms with van der Waals surface area (Å²) < 4.78 is 12.0. The third-order valence-electron chi connectivity index (χ3n) is 5.27. The van der Waals surface area contributed by atoms with Crippen molar-refractivity contribution in [3.8, 4) is 11.5 Å². The largest absolute Gasteiger partial charge is 0.491 e. The molecule has 2 aliphatic heterocycles. The molecule has 1 N–H and O–H groups in total. The monoisotopic (exact) mass is 309 g/mol. The van der Waals surface area contributed by atoms with Crippen molar-refractivity contribution in [3.05, 3.63) is 59.2 Å². The molecular weight excluding hydrogens is 286 g/mol. The molecule has 0 aliphatic carbocycles. The van der Waals surface area contributed by atoms with E-state index in [0.717, 1.165) is 24.7 Å². The lowest BCUT2D eigenvalue weighted by Crippen LogP contribution is -2.48. The highest BCUT2D eigenvalue weighted by atomic mass is 16.5. The molecule has 2 aromatic carbocycles. The van der Waals surface area contributed by atoms with Crippen LogP contribution in [-0.2, 0) is 6.61 Å². The summed E-state index contributed by atoms with van der Waals surface area (Å²) >= 11 is 0. The third-order valence-corrected chi connectivity index (χ3v) is 5.27. The number of benzene rings is 2. The molecule has 2 heterocycles. The van der Waals surface area contributed by atoms with Gasteiger partial charge >= 0.3 is 0 Å². The standard InChI is InChI=1S/C20H23NO2/c1-14-5-3-4-6-15(14)12-22-16-7-8-17-18-9-10-21-20(18,2)13-23-19(17)11-16/h3-8,11,18,21H,9-10,12-13H2,1-2H3/t18-,20+/m0/s1. The lowest BCUT2D eigenvalue weighted by Gasteiger charge is -2.37. The topological polar surface area (TPSA) is 30.5 Å². The van der Waals surface area contributed by atoms with Crippen LogP contribution in [0, 0.1) is 6.92 Å². The van der Waals surface area contributed by atoms with Gasteiger partial charge in [0.2, 0.25) is 0 Å². The molecule has 1 saturated heterocycles. The Labute approximate surface area is 137 Å². The Bertz CT molecular complexity index is 727. The number of aryl methyl sites for hydroxylation is 1. The number of rotatable bonds is 3. The Morgan fingerprint density at radius 1 is 1.26 bits per heavy atom. The molecule has 0 amide bonds. The average Bonchev–Trinajstić information content (AvgIpc) is 2.96. The number of hydrogen-bond donors (Lipinski definition) is 1. The van der Waals surface area contributed by atoms with Crippen LogP contribution in [0.1, 0.15) is 36.0 Å². The Kier molecular flexibility index (Phi) is 3.53. The summed E-state index contributed by atoms with van der Waals surface area (Å²) in [5.74, 6) is 2.40. The van der Waals surface area contributed by atoms with Gasteiger partial charge in [0.15, 0.2) is 0 Å². The summed E-state index contributed by atoms with van der Waals surface area (Å²) in [6, 6.07) is 14.6. The van der Waals surface area contributed by atoms with Gasteiger partial charge in [-0.3, -0.25) is 0 Å². The summed E-state index contributed by atoms with van der Waals surface area (Å²) in [6.45, 7) is 6.76. The van der Waals surface area contributed by atoms with Crippen molar-refractivity contribution in [2.45, 2.75) is 38.3 Å². The summed E-state index contributed by atoms with van der Waals surface area (Å²) in [6.07, 6.45) is 1.18. The first-order valence-corrected chi connectivity index (χ1v) is 8.35. The molecule has 2 aromatic rings. The van der Waals surface area contributed by atoms with Crippen molar-refractivity contribution in [2.75, 3.05) is 13.2 Å². The van der Waals surface area contributed by atoms with E-state index >= 15 is 0 Å². The van der Waals surface area contributed by atoms with E-state index in [2.05, 4.69) is 55.6 Å². The molecule has 4 rings (SSSR count). The molecule has 1 fully saturated rings. The van der Waals surface area contributed by atoms with Gasteiger partial charge in [-0.1, -0.05) is 30.3 Å². The molecule has 2 atom stereocenters. The van der Waals surface area contributed by atoms with Crippen molar-refractivity contribution in [3.63, 3.8) is 0 Å². The average molecular weight is 309 g/mol. The summed E-state index contributed by atoms with van der Waals surface area (Å²) in [5, 5.41) is 3.59.